The zero-order chi connectivity index (χ0) is 19.1. The lowest BCUT2D eigenvalue weighted by molar-refractivity contribution is -0.661. The Morgan fingerprint density at radius 3 is 2.44 bits per heavy atom. The summed E-state index contributed by atoms with van der Waals surface area (Å²) in [5, 5.41) is 13.5. The molecule has 0 fully saturated rings. The summed E-state index contributed by atoms with van der Waals surface area (Å²) in [6.45, 7) is 1.83. The van der Waals surface area contributed by atoms with Crippen molar-refractivity contribution >= 4 is 5.88 Å². The van der Waals surface area contributed by atoms with Crippen LogP contribution in [0, 0.1) is 6.92 Å². The lowest BCUT2D eigenvalue weighted by atomic mass is 10.1. The van der Waals surface area contributed by atoms with Gasteiger partial charge in [0, 0.05) is 11.7 Å². The first-order valence-electron chi connectivity index (χ1n) is 8.30. The Balaban J connectivity index is 1.97. The molecule has 2 heterocycles. The highest BCUT2D eigenvalue weighted by Gasteiger charge is 2.34. The van der Waals surface area contributed by atoms with Gasteiger partial charge < -0.3 is 10.8 Å². The minimum atomic E-state index is -0.250. The van der Waals surface area contributed by atoms with Crippen LogP contribution in [-0.2, 0) is 7.05 Å². The Hall–Kier alpha value is -3.81. The van der Waals surface area contributed by atoms with Crippen LogP contribution in [0.25, 0.3) is 22.6 Å². The van der Waals surface area contributed by atoms with E-state index in [2.05, 4.69) is 5.27 Å². The molecule has 0 atom stereocenters. The molecule has 3 N–H and O–H groups in total. The third kappa shape index (κ3) is 2.58. The van der Waals surface area contributed by atoms with Crippen LogP contribution in [0.5, 0.6) is 5.75 Å². The predicted octanol–water partition coefficient (Wildman–Crippen LogP) is 1.70. The third-order valence-corrected chi connectivity index (χ3v) is 4.54. The fourth-order valence-corrected chi connectivity index (χ4v) is 3.11. The van der Waals surface area contributed by atoms with Gasteiger partial charge in [0.05, 0.1) is 11.3 Å². The van der Waals surface area contributed by atoms with Crippen LogP contribution in [0.1, 0.15) is 5.69 Å². The second-order valence-electron chi connectivity index (χ2n) is 6.15. The number of phenols is 1. The number of phenolic OH excluding ortho intramolecular Hbond substituents is 1. The molecule has 27 heavy (non-hydrogen) atoms. The number of aromatic nitrogens is 4. The molecular formula is C19H18N5O3+. The number of benzene rings is 2. The lowest BCUT2D eigenvalue weighted by Gasteiger charge is -2.06. The fraction of sp³-hybridized carbons (Fsp3) is 0.105. The molecule has 8 nitrogen and oxygen atoms in total. The van der Waals surface area contributed by atoms with Gasteiger partial charge in [-0.15, -0.1) is 0 Å². The van der Waals surface area contributed by atoms with E-state index in [9.17, 15) is 9.90 Å². The standard InChI is InChI=1S/C19H17N5O3/c1-12-16(19(26)24(22(12)2)14-6-4-3-5-7-14)23-17(18(20)27-21-23)13-8-10-15(25)11-9-13/h3-11,20-21H,1-2H3/p+1. The van der Waals surface area contributed by atoms with E-state index in [0.29, 0.717) is 22.6 Å². The smallest absolute Gasteiger partial charge is 0.346 e. The molecule has 2 aromatic carbocycles. The molecule has 0 aliphatic heterocycles. The molecule has 0 unspecified atom stereocenters. The Bertz CT molecular complexity index is 1170. The van der Waals surface area contributed by atoms with E-state index in [1.807, 2.05) is 37.3 Å². The molecule has 0 aliphatic rings. The zero-order valence-corrected chi connectivity index (χ0v) is 14.8. The second kappa shape index (κ2) is 6.17. The summed E-state index contributed by atoms with van der Waals surface area (Å²) in [4.78, 5) is 13.2. The van der Waals surface area contributed by atoms with E-state index in [-0.39, 0.29) is 17.2 Å². The van der Waals surface area contributed by atoms with Gasteiger partial charge in [0.1, 0.15) is 11.4 Å². The third-order valence-electron chi connectivity index (χ3n) is 4.54. The first-order chi connectivity index (χ1) is 13.0. The molecule has 0 aliphatic carbocycles. The summed E-state index contributed by atoms with van der Waals surface area (Å²) < 4.78 is 9.89. The van der Waals surface area contributed by atoms with E-state index in [4.69, 9.17) is 10.3 Å². The molecule has 136 valence electrons. The number of rotatable bonds is 3. The van der Waals surface area contributed by atoms with E-state index >= 15 is 0 Å². The molecular weight excluding hydrogens is 346 g/mol. The monoisotopic (exact) mass is 364 g/mol. The number of hydrogen-bond donors (Lipinski definition) is 2. The van der Waals surface area contributed by atoms with Crippen molar-refractivity contribution in [1.29, 1.82) is 0 Å². The Kier molecular flexibility index (Phi) is 3.80. The molecule has 0 spiro atoms. The quantitative estimate of drug-likeness (QED) is 0.539. The summed E-state index contributed by atoms with van der Waals surface area (Å²) in [5.74, 6) is 0.206. The lowest BCUT2D eigenvalue weighted by Crippen LogP contribution is -2.40. The maximum Gasteiger partial charge on any atom is 0.346 e. The molecule has 0 bridgehead atoms. The highest BCUT2D eigenvalue weighted by atomic mass is 16.5. The van der Waals surface area contributed by atoms with Gasteiger partial charge in [-0.2, -0.15) is 0 Å². The summed E-state index contributed by atoms with van der Waals surface area (Å²) in [7, 11) is 1.80. The fourth-order valence-electron chi connectivity index (χ4n) is 3.11. The molecule has 4 rings (SSSR count). The van der Waals surface area contributed by atoms with Gasteiger partial charge in [-0.05, 0) is 43.3 Å². The second-order valence-corrected chi connectivity index (χ2v) is 6.15. The van der Waals surface area contributed by atoms with Crippen molar-refractivity contribution in [2.24, 2.45) is 7.05 Å². The van der Waals surface area contributed by atoms with E-state index in [1.165, 1.54) is 16.8 Å². The van der Waals surface area contributed by atoms with E-state index in [0.717, 1.165) is 5.69 Å². The van der Waals surface area contributed by atoms with Crippen LogP contribution in [-0.4, -0.2) is 19.7 Å². The van der Waals surface area contributed by atoms with Crippen molar-refractivity contribution < 1.29 is 14.3 Å². The van der Waals surface area contributed by atoms with Gasteiger partial charge in [-0.25, -0.2) is 4.68 Å². The van der Waals surface area contributed by atoms with Crippen molar-refractivity contribution in [3.05, 3.63) is 70.6 Å². The average molecular weight is 364 g/mol. The number of para-hydroxylation sites is 1. The van der Waals surface area contributed by atoms with Crippen LogP contribution >= 0.6 is 0 Å². The number of nitrogens with two attached hydrogens (primary N) is 1. The van der Waals surface area contributed by atoms with Gasteiger partial charge in [-0.3, -0.25) is 14.0 Å². The summed E-state index contributed by atoms with van der Waals surface area (Å²) in [6, 6.07) is 15.8. The van der Waals surface area contributed by atoms with Gasteiger partial charge in [-0.1, -0.05) is 18.2 Å². The number of aromatic hydroxyl groups is 1. The number of anilines is 1. The van der Waals surface area contributed by atoms with Crippen molar-refractivity contribution in [3.8, 4) is 28.4 Å². The summed E-state index contributed by atoms with van der Waals surface area (Å²) in [6.07, 6.45) is 0. The summed E-state index contributed by atoms with van der Waals surface area (Å²) in [5.41, 5.74) is 8.61. The van der Waals surface area contributed by atoms with Crippen LogP contribution in [0.4, 0.5) is 5.88 Å². The minimum Gasteiger partial charge on any atom is -0.508 e. The first kappa shape index (κ1) is 16.6. The highest BCUT2D eigenvalue weighted by Crippen LogP contribution is 2.25. The van der Waals surface area contributed by atoms with Crippen LogP contribution in [0.15, 0.2) is 63.9 Å². The average Bonchev–Trinajstić information content (AvgIpc) is 3.14. The maximum atomic E-state index is 13.2. The number of nitrogens with zero attached hydrogens (tertiary/aromatic N) is 4. The van der Waals surface area contributed by atoms with Crippen molar-refractivity contribution in [3.63, 3.8) is 0 Å². The largest absolute Gasteiger partial charge is 0.508 e. The van der Waals surface area contributed by atoms with Crippen molar-refractivity contribution in [1.82, 2.24) is 14.6 Å². The highest BCUT2D eigenvalue weighted by molar-refractivity contribution is 5.66. The maximum absolute atomic E-state index is 13.2. The molecule has 0 saturated heterocycles. The Morgan fingerprint density at radius 1 is 1.11 bits per heavy atom. The van der Waals surface area contributed by atoms with Gasteiger partial charge in [0.15, 0.2) is 0 Å². The molecule has 0 saturated carbocycles. The normalized spacial score (nSPS) is 11.0. The van der Waals surface area contributed by atoms with Crippen LogP contribution in [0.3, 0.4) is 0 Å². The molecule has 0 radical (unpaired) electrons. The molecule has 2 aromatic heterocycles. The molecule has 0 amide bonds. The number of hydrogen-bond acceptors (Lipinski definition) is 5. The Labute approximate surface area is 154 Å². The van der Waals surface area contributed by atoms with Crippen molar-refractivity contribution in [2.75, 3.05) is 5.73 Å². The van der Waals surface area contributed by atoms with Gasteiger partial charge in [0.25, 0.3) is 0 Å². The topological polar surface area (TPSA) is 103 Å². The van der Waals surface area contributed by atoms with E-state index < -0.39 is 0 Å². The van der Waals surface area contributed by atoms with Crippen LogP contribution in [0.2, 0.25) is 0 Å². The van der Waals surface area contributed by atoms with Crippen molar-refractivity contribution in [2.45, 2.75) is 6.92 Å². The minimum absolute atomic E-state index is 0.0783. The molecule has 4 aromatic rings. The van der Waals surface area contributed by atoms with Gasteiger partial charge in [0.2, 0.25) is 5.27 Å². The predicted molar refractivity (Wildman–Crippen MR) is 98.9 cm³/mol. The number of nitrogen functional groups attached to an aromatic ring is 1. The molecule has 8 heteroatoms. The summed E-state index contributed by atoms with van der Waals surface area (Å²) >= 11 is 0. The Morgan fingerprint density at radius 2 is 1.78 bits per heavy atom. The zero-order valence-electron chi connectivity index (χ0n) is 14.8. The van der Waals surface area contributed by atoms with Gasteiger partial charge >= 0.3 is 22.8 Å². The SMILES string of the molecule is Cc1c(-[n+]2noc(N)c2-c2ccc(O)cc2)c(=O)n(-c2ccccc2)n1C. The first-order valence-corrected chi connectivity index (χ1v) is 8.30. The van der Waals surface area contributed by atoms with E-state index in [1.54, 1.807) is 28.5 Å². The van der Waals surface area contributed by atoms with Crippen LogP contribution < -0.4 is 16.0 Å².